The van der Waals surface area contributed by atoms with Crippen molar-refractivity contribution in [1.29, 1.82) is 0 Å². The number of carbonyl (C=O) groups is 1. The van der Waals surface area contributed by atoms with Crippen LogP contribution in [0.15, 0.2) is 22.7 Å². The summed E-state index contributed by atoms with van der Waals surface area (Å²) < 4.78 is 39.1. The van der Waals surface area contributed by atoms with Crippen molar-refractivity contribution in [2.45, 2.75) is 44.8 Å². The Morgan fingerprint density at radius 3 is 2.71 bits per heavy atom. The molecule has 1 aliphatic carbocycles. The van der Waals surface area contributed by atoms with E-state index < -0.39 is 18.1 Å². The fraction of sp³-hybridized carbons (Fsp3) is 0.533. The fourth-order valence-electron chi connectivity index (χ4n) is 2.72. The number of nitrogens with one attached hydrogen (secondary N) is 1. The van der Waals surface area contributed by atoms with Crippen molar-refractivity contribution in [3.05, 3.63) is 33.8 Å². The Morgan fingerprint density at radius 1 is 1.33 bits per heavy atom. The van der Waals surface area contributed by atoms with E-state index in [1.807, 2.05) is 6.07 Å². The Balaban J connectivity index is 2.04. The number of aryl methyl sites for hydroxylation is 1. The third-order valence-corrected chi connectivity index (χ3v) is 4.41. The topological polar surface area (TPSA) is 29.1 Å². The molecule has 1 aromatic carbocycles. The number of hydrogen-bond donors (Lipinski definition) is 1. The molecule has 0 bridgehead atoms. The van der Waals surface area contributed by atoms with Gasteiger partial charge in [0, 0.05) is 16.1 Å². The zero-order chi connectivity index (χ0) is 15.6. The highest BCUT2D eigenvalue weighted by atomic mass is 79.9. The van der Waals surface area contributed by atoms with Gasteiger partial charge in [-0.1, -0.05) is 28.4 Å². The van der Waals surface area contributed by atoms with Gasteiger partial charge in [0.2, 0.25) is 0 Å². The first kappa shape index (κ1) is 16.3. The first-order valence-electron chi connectivity index (χ1n) is 6.91. The van der Waals surface area contributed by atoms with Crippen LogP contribution in [0.1, 0.15) is 41.6 Å². The quantitative estimate of drug-likeness (QED) is 0.816. The Kier molecular flexibility index (Phi) is 4.96. The van der Waals surface area contributed by atoms with Crippen LogP contribution in [0.3, 0.4) is 0 Å². The van der Waals surface area contributed by atoms with Gasteiger partial charge >= 0.3 is 6.18 Å². The molecule has 6 heteroatoms. The number of benzene rings is 1. The largest absolute Gasteiger partial charge is 0.391 e. The molecule has 1 aliphatic rings. The number of alkyl halides is 3. The molecule has 0 radical (unpaired) electrons. The maximum Gasteiger partial charge on any atom is 0.391 e. The molecule has 116 valence electrons. The van der Waals surface area contributed by atoms with Gasteiger partial charge in [-0.15, -0.1) is 0 Å². The number of halogens is 4. The smallest absolute Gasteiger partial charge is 0.349 e. The van der Waals surface area contributed by atoms with Crippen molar-refractivity contribution in [2.24, 2.45) is 5.92 Å². The summed E-state index contributed by atoms with van der Waals surface area (Å²) >= 11 is 3.30. The van der Waals surface area contributed by atoms with Gasteiger partial charge in [-0.25, -0.2) is 0 Å². The third kappa shape index (κ3) is 4.22. The average molecular weight is 364 g/mol. The summed E-state index contributed by atoms with van der Waals surface area (Å²) in [7, 11) is 0. The van der Waals surface area contributed by atoms with Crippen molar-refractivity contribution in [1.82, 2.24) is 5.32 Å². The van der Waals surface area contributed by atoms with Gasteiger partial charge in [-0.05, 0) is 43.9 Å². The van der Waals surface area contributed by atoms with Gasteiger partial charge in [0.15, 0.2) is 0 Å². The van der Waals surface area contributed by atoms with Gasteiger partial charge < -0.3 is 5.32 Å². The predicted octanol–water partition coefficient (Wildman–Crippen LogP) is 4.61. The van der Waals surface area contributed by atoms with Crippen molar-refractivity contribution >= 4 is 21.8 Å². The lowest BCUT2D eigenvalue weighted by Crippen LogP contribution is -2.41. The van der Waals surface area contributed by atoms with E-state index in [-0.39, 0.29) is 18.7 Å². The molecule has 0 saturated heterocycles. The van der Waals surface area contributed by atoms with E-state index >= 15 is 0 Å². The number of carbonyl (C=O) groups excluding carboxylic acids is 1. The lowest BCUT2D eigenvalue weighted by molar-refractivity contribution is -0.183. The highest BCUT2D eigenvalue weighted by molar-refractivity contribution is 9.10. The third-order valence-electron chi connectivity index (χ3n) is 3.92. The van der Waals surface area contributed by atoms with Crippen molar-refractivity contribution < 1.29 is 18.0 Å². The van der Waals surface area contributed by atoms with Crippen LogP contribution in [0.4, 0.5) is 13.2 Å². The van der Waals surface area contributed by atoms with E-state index in [0.717, 1.165) is 10.0 Å². The molecule has 2 nitrogen and oxygen atoms in total. The SMILES string of the molecule is Cc1ccc(Br)cc1C(=O)NC1CCCC(C(F)(F)F)C1. The maximum atomic E-state index is 12.8. The van der Waals surface area contributed by atoms with Gasteiger partial charge in [0.1, 0.15) is 0 Å². The number of rotatable bonds is 2. The predicted molar refractivity (Wildman–Crippen MR) is 78.1 cm³/mol. The molecule has 0 spiro atoms. The molecular formula is C15H17BrF3NO. The molecule has 0 aromatic heterocycles. The Hall–Kier alpha value is -1.04. The molecule has 0 heterocycles. The normalized spacial score (nSPS) is 22.9. The summed E-state index contributed by atoms with van der Waals surface area (Å²) in [4.78, 5) is 12.2. The van der Waals surface area contributed by atoms with Crippen LogP contribution in [0.2, 0.25) is 0 Å². The summed E-state index contributed by atoms with van der Waals surface area (Å²) in [5.74, 6) is -1.61. The summed E-state index contributed by atoms with van der Waals surface area (Å²) in [5.41, 5.74) is 1.30. The highest BCUT2D eigenvalue weighted by Gasteiger charge is 2.42. The van der Waals surface area contributed by atoms with Crippen LogP contribution >= 0.6 is 15.9 Å². The molecule has 21 heavy (non-hydrogen) atoms. The standard InChI is InChI=1S/C15H17BrF3NO/c1-9-5-6-11(16)8-13(9)14(21)20-12-4-2-3-10(7-12)15(17,18)19/h5-6,8,10,12H,2-4,7H2,1H3,(H,20,21). The van der Waals surface area contributed by atoms with Crippen molar-refractivity contribution in [2.75, 3.05) is 0 Å². The number of amides is 1. The highest BCUT2D eigenvalue weighted by Crippen LogP contribution is 2.37. The minimum absolute atomic E-state index is 0.0255. The first-order valence-corrected chi connectivity index (χ1v) is 7.70. The van der Waals surface area contributed by atoms with Crippen LogP contribution < -0.4 is 5.32 Å². The van der Waals surface area contributed by atoms with Crippen molar-refractivity contribution in [3.8, 4) is 0 Å². The lowest BCUT2D eigenvalue weighted by atomic mass is 9.85. The molecular weight excluding hydrogens is 347 g/mol. The zero-order valence-electron chi connectivity index (χ0n) is 11.6. The summed E-state index contributed by atoms with van der Waals surface area (Å²) in [6, 6.07) is 4.91. The molecule has 2 rings (SSSR count). The molecule has 1 aromatic rings. The summed E-state index contributed by atoms with van der Waals surface area (Å²) in [5, 5.41) is 2.75. The van der Waals surface area contributed by atoms with E-state index in [4.69, 9.17) is 0 Å². The van der Waals surface area contributed by atoms with E-state index in [0.29, 0.717) is 18.4 Å². The van der Waals surface area contributed by atoms with Crippen LogP contribution in [-0.2, 0) is 0 Å². The molecule has 1 N–H and O–H groups in total. The monoisotopic (exact) mass is 363 g/mol. The lowest BCUT2D eigenvalue weighted by Gasteiger charge is -2.31. The van der Waals surface area contributed by atoms with E-state index in [9.17, 15) is 18.0 Å². The Bertz CT molecular complexity index is 530. The van der Waals surface area contributed by atoms with Crippen LogP contribution in [-0.4, -0.2) is 18.1 Å². The second-order valence-electron chi connectivity index (χ2n) is 5.53. The summed E-state index contributed by atoms with van der Waals surface area (Å²) in [6.45, 7) is 1.81. The fourth-order valence-corrected chi connectivity index (χ4v) is 3.08. The van der Waals surface area contributed by atoms with E-state index in [1.54, 1.807) is 19.1 Å². The maximum absolute atomic E-state index is 12.8. The van der Waals surface area contributed by atoms with Gasteiger partial charge in [0.05, 0.1) is 5.92 Å². The van der Waals surface area contributed by atoms with E-state index in [1.165, 1.54) is 0 Å². The Labute approximate surface area is 130 Å². The first-order chi connectivity index (χ1) is 9.77. The molecule has 1 saturated carbocycles. The van der Waals surface area contributed by atoms with Gasteiger partial charge in [-0.3, -0.25) is 4.79 Å². The van der Waals surface area contributed by atoms with Crippen LogP contribution in [0.25, 0.3) is 0 Å². The van der Waals surface area contributed by atoms with E-state index in [2.05, 4.69) is 21.2 Å². The molecule has 1 fully saturated rings. The second kappa shape index (κ2) is 6.38. The molecule has 2 unspecified atom stereocenters. The van der Waals surface area contributed by atoms with Gasteiger partial charge in [0.25, 0.3) is 5.91 Å². The minimum atomic E-state index is -4.17. The molecule has 2 atom stereocenters. The molecule has 0 aliphatic heterocycles. The summed E-state index contributed by atoms with van der Waals surface area (Å²) in [6.07, 6.45) is -2.94. The van der Waals surface area contributed by atoms with Crippen LogP contribution in [0.5, 0.6) is 0 Å². The minimum Gasteiger partial charge on any atom is -0.349 e. The second-order valence-corrected chi connectivity index (χ2v) is 6.45. The Morgan fingerprint density at radius 2 is 2.05 bits per heavy atom. The molecule has 1 amide bonds. The number of hydrogen-bond acceptors (Lipinski definition) is 1. The van der Waals surface area contributed by atoms with Crippen LogP contribution in [0, 0.1) is 12.8 Å². The van der Waals surface area contributed by atoms with Gasteiger partial charge in [-0.2, -0.15) is 13.2 Å². The zero-order valence-corrected chi connectivity index (χ0v) is 13.2. The average Bonchev–Trinajstić information content (AvgIpc) is 2.41. The van der Waals surface area contributed by atoms with Crippen molar-refractivity contribution in [3.63, 3.8) is 0 Å².